The van der Waals surface area contributed by atoms with Crippen molar-refractivity contribution in [2.75, 3.05) is 7.11 Å². The Morgan fingerprint density at radius 2 is 1.84 bits per heavy atom. The fourth-order valence-corrected chi connectivity index (χ4v) is 3.80. The van der Waals surface area contributed by atoms with Crippen LogP contribution in [-0.4, -0.2) is 16.7 Å². The van der Waals surface area contributed by atoms with Gasteiger partial charge in [0.05, 0.1) is 25.5 Å². The van der Waals surface area contributed by atoms with E-state index in [4.69, 9.17) is 4.74 Å². The van der Waals surface area contributed by atoms with Crippen LogP contribution in [0.4, 0.5) is 0 Å². The molecule has 0 aliphatic carbocycles. The van der Waals surface area contributed by atoms with Crippen LogP contribution in [0, 0.1) is 0 Å². The number of thiophene rings is 1. The first-order chi connectivity index (χ1) is 12.2. The zero-order valence-electron chi connectivity index (χ0n) is 13.7. The van der Waals surface area contributed by atoms with Gasteiger partial charge in [-0.2, -0.15) is 0 Å². The molecular weight excluding hydrogens is 332 g/mol. The van der Waals surface area contributed by atoms with E-state index in [0.717, 1.165) is 27.3 Å². The molecule has 0 spiro atoms. The van der Waals surface area contributed by atoms with Crippen LogP contribution in [0.3, 0.4) is 0 Å². The molecule has 124 valence electrons. The van der Waals surface area contributed by atoms with Crippen molar-refractivity contribution < 1.29 is 4.74 Å². The predicted molar refractivity (Wildman–Crippen MR) is 101 cm³/mol. The molecule has 4 aromatic rings. The lowest BCUT2D eigenvalue weighted by Crippen LogP contribution is -2.20. The van der Waals surface area contributed by atoms with Gasteiger partial charge >= 0.3 is 0 Å². The Hall–Kier alpha value is -2.92. The summed E-state index contributed by atoms with van der Waals surface area (Å²) in [6.07, 6.45) is 1.63. The molecule has 0 unspecified atom stereocenters. The van der Waals surface area contributed by atoms with Crippen molar-refractivity contribution in [3.63, 3.8) is 0 Å². The van der Waals surface area contributed by atoms with Crippen molar-refractivity contribution in [3.8, 4) is 16.2 Å². The van der Waals surface area contributed by atoms with Gasteiger partial charge in [0.2, 0.25) is 0 Å². The van der Waals surface area contributed by atoms with Crippen molar-refractivity contribution in [2.45, 2.75) is 6.54 Å². The van der Waals surface area contributed by atoms with Gasteiger partial charge in [-0.15, -0.1) is 11.3 Å². The third-order valence-electron chi connectivity index (χ3n) is 4.07. The summed E-state index contributed by atoms with van der Waals surface area (Å²) in [7, 11) is 1.65. The Balaban J connectivity index is 1.73. The van der Waals surface area contributed by atoms with Crippen molar-refractivity contribution in [3.05, 3.63) is 82.9 Å². The Bertz CT molecular complexity index is 1070. The average molecular weight is 348 g/mol. The first-order valence-corrected chi connectivity index (χ1v) is 8.73. The molecule has 2 aromatic carbocycles. The maximum atomic E-state index is 12.8. The SMILES string of the molecule is COc1ccc(-c2cc3ncn(Cc4ccccc4)c(=O)c3s2)cc1. The number of methoxy groups -OCH3 is 1. The summed E-state index contributed by atoms with van der Waals surface area (Å²) in [6, 6.07) is 19.7. The summed E-state index contributed by atoms with van der Waals surface area (Å²) in [6.45, 7) is 0.526. The number of benzene rings is 2. The monoisotopic (exact) mass is 348 g/mol. The van der Waals surface area contributed by atoms with Crippen LogP contribution in [0.5, 0.6) is 5.75 Å². The van der Waals surface area contributed by atoms with Crippen molar-refractivity contribution in [1.82, 2.24) is 9.55 Å². The van der Waals surface area contributed by atoms with Crippen LogP contribution in [0.2, 0.25) is 0 Å². The van der Waals surface area contributed by atoms with Gasteiger partial charge < -0.3 is 4.74 Å². The van der Waals surface area contributed by atoms with E-state index in [9.17, 15) is 4.79 Å². The topological polar surface area (TPSA) is 44.1 Å². The van der Waals surface area contributed by atoms with E-state index in [1.807, 2.05) is 60.7 Å². The standard InChI is InChI=1S/C20H16N2O2S/c1-24-16-9-7-15(8-10-16)18-11-17-19(25-18)20(23)22(13-21-17)12-14-5-3-2-4-6-14/h2-11,13H,12H2,1H3. The fraction of sp³-hybridized carbons (Fsp3) is 0.100. The predicted octanol–water partition coefficient (Wildman–Crippen LogP) is 4.18. The van der Waals surface area contributed by atoms with Crippen LogP contribution in [-0.2, 0) is 6.54 Å². The summed E-state index contributed by atoms with van der Waals surface area (Å²) in [5.74, 6) is 0.813. The minimum absolute atomic E-state index is 0.00128. The second-order valence-corrected chi connectivity index (χ2v) is 6.77. The normalized spacial score (nSPS) is 10.9. The molecular formula is C20H16N2O2S. The molecule has 4 rings (SSSR count). The molecule has 0 fully saturated rings. The van der Waals surface area contributed by atoms with E-state index in [0.29, 0.717) is 11.2 Å². The number of ether oxygens (including phenoxy) is 1. The molecule has 0 atom stereocenters. The molecule has 0 aliphatic heterocycles. The lowest BCUT2D eigenvalue weighted by molar-refractivity contribution is 0.415. The van der Waals surface area contributed by atoms with Crippen LogP contribution >= 0.6 is 11.3 Å². The zero-order valence-corrected chi connectivity index (χ0v) is 14.5. The summed E-state index contributed by atoms with van der Waals surface area (Å²) in [5, 5.41) is 0. The van der Waals surface area contributed by atoms with Crippen molar-refractivity contribution in [1.29, 1.82) is 0 Å². The van der Waals surface area contributed by atoms with Crippen molar-refractivity contribution >= 4 is 21.6 Å². The number of fused-ring (bicyclic) bond motifs is 1. The van der Waals surface area contributed by atoms with Gasteiger partial charge in [-0.05, 0) is 41.5 Å². The summed E-state index contributed by atoms with van der Waals surface area (Å²) >= 11 is 1.48. The third-order valence-corrected chi connectivity index (χ3v) is 5.24. The molecule has 0 amide bonds. The van der Waals surface area contributed by atoms with Gasteiger partial charge in [0, 0.05) is 4.88 Å². The van der Waals surface area contributed by atoms with Crippen LogP contribution in [0.1, 0.15) is 5.56 Å². The molecule has 4 nitrogen and oxygen atoms in total. The van der Waals surface area contributed by atoms with E-state index in [1.165, 1.54) is 11.3 Å². The Morgan fingerprint density at radius 3 is 2.56 bits per heavy atom. The minimum Gasteiger partial charge on any atom is -0.497 e. The maximum Gasteiger partial charge on any atom is 0.271 e. The minimum atomic E-state index is -0.00128. The van der Waals surface area contributed by atoms with E-state index >= 15 is 0 Å². The van der Waals surface area contributed by atoms with E-state index in [1.54, 1.807) is 18.0 Å². The summed E-state index contributed by atoms with van der Waals surface area (Å²) < 4.78 is 7.54. The third kappa shape index (κ3) is 3.06. The Morgan fingerprint density at radius 1 is 1.08 bits per heavy atom. The lowest BCUT2D eigenvalue weighted by Gasteiger charge is -2.04. The first-order valence-electron chi connectivity index (χ1n) is 7.92. The summed E-state index contributed by atoms with van der Waals surface area (Å²) in [4.78, 5) is 18.3. The number of nitrogens with zero attached hydrogens (tertiary/aromatic N) is 2. The highest BCUT2D eigenvalue weighted by molar-refractivity contribution is 7.22. The highest BCUT2D eigenvalue weighted by Gasteiger charge is 2.11. The highest BCUT2D eigenvalue weighted by Crippen LogP contribution is 2.31. The molecule has 5 heteroatoms. The number of aromatic nitrogens is 2. The summed E-state index contributed by atoms with van der Waals surface area (Å²) in [5.41, 5.74) is 2.87. The van der Waals surface area contributed by atoms with E-state index in [2.05, 4.69) is 4.98 Å². The average Bonchev–Trinajstić information content (AvgIpc) is 3.10. The smallest absolute Gasteiger partial charge is 0.271 e. The number of hydrogen-bond donors (Lipinski definition) is 0. The fourth-order valence-electron chi connectivity index (χ4n) is 2.74. The molecule has 0 aliphatic rings. The van der Waals surface area contributed by atoms with E-state index < -0.39 is 0 Å². The highest BCUT2D eigenvalue weighted by atomic mass is 32.1. The van der Waals surface area contributed by atoms with Crippen LogP contribution in [0.25, 0.3) is 20.7 Å². The van der Waals surface area contributed by atoms with Gasteiger partial charge in [0.15, 0.2) is 0 Å². The molecule has 2 heterocycles. The van der Waals surface area contributed by atoms with Gasteiger partial charge in [0.25, 0.3) is 5.56 Å². The first kappa shape index (κ1) is 15.6. The lowest BCUT2D eigenvalue weighted by atomic mass is 10.2. The molecule has 0 saturated heterocycles. The van der Waals surface area contributed by atoms with Gasteiger partial charge in [-0.3, -0.25) is 9.36 Å². The maximum absolute atomic E-state index is 12.8. The van der Waals surface area contributed by atoms with Gasteiger partial charge in [-0.25, -0.2) is 4.98 Å². The van der Waals surface area contributed by atoms with Crippen molar-refractivity contribution in [2.24, 2.45) is 0 Å². The largest absolute Gasteiger partial charge is 0.497 e. The number of hydrogen-bond acceptors (Lipinski definition) is 4. The van der Waals surface area contributed by atoms with E-state index in [-0.39, 0.29) is 5.56 Å². The molecule has 25 heavy (non-hydrogen) atoms. The second kappa shape index (κ2) is 6.53. The Labute approximate surface area is 149 Å². The number of rotatable bonds is 4. The van der Waals surface area contributed by atoms with Gasteiger partial charge in [-0.1, -0.05) is 30.3 Å². The zero-order chi connectivity index (χ0) is 17.2. The van der Waals surface area contributed by atoms with Crippen LogP contribution in [0.15, 0.2) is 71.8 Å². The Kier molecular flexibility index (Phi) is 4.07. The van der Waals surface area contributed by atoms with Gasteiger partial charge in [0.1, 0.15) is 10.4 Å². The second-order valence-electron chi connectivity index (χ2n) is 5.72. The quantitative estimate of drug-likeness (QED) is 0.556. The molecule has 0 bridgehead atoms. The molecule has 0 radical (unpaired) electrons. The molecule has 0 N–H and O–H groups in total. The molecule has 2 aromatic heterocycles. The van der Waals surface area contributed by atoms with Crippen LogP contribution < -0.4 is 10.3 Å². The molecule has 0 saturated carbocycles.